The first-order chi connectivity index (χ1) is 10.7. The smallest absolute Gasteiger partial charge is 0.141 e. The van der Waals surface area contributed by atoms with E-state index < -0.39 is 6.10 Å². The molecule has 1 aliphatic rings. The van der Waals surface area contributed by atoms with E-state index in [0.717, 1.165) is 32.0 Å². The fourth-order valence-corrected chi connectivity index (χ4v) is 2.69. The van der Waals surface area contributed by atoms with Crippen LogP contribution in [0.3, 0.4) is 0 Å². The topological polar surface area (TPSA) is 57.4 Å². The Morgan fingerprint density at radius 2 is 2.00 bits per heavy atom. The van der Waals surface area contributed by atoms with Crippen LogP contribution in [-0.4, -0.2) is 63.6 Å². The predicted octanol–water partition coefficient (Wildman–Crippen LogP) is 0.600. The van der Waals surface area contributed by atoms with Crippen molar-refractivity contribution in [2.45, 2.75) is 12.6 Å². The normalized spacial score (nSPS) is 17.6. The minimum absolute atomic E-state index is 0.316. The number of nitrogens with zero attached hydrogens (tertiary/aromatic N) is 5. The van der Waals surface area contributed by atoms with Gasteiger partial charge in [-0.1, -0.05) is 0 Å². The number of anilines is 1. The zero-order valence-corrected chi connectivity index (χ0v) is 12.3. The van der Waals surface area contributed by atoms with Gasteiger partial charge in [-0.05, 0) is 18.2 Å². The number of piperazine rings is 1. The second-order valence-electron chi connectivity index (χ2n) is 5.50. The fraction of sp³-hybridized carbons (Fsp3) is 0.467. The van der Waals surface area contributed by atoms with Crippen LogP contribution in [0.5, 0.6) is 0 Å². The zero-order valence-electron chi connectivity index (χ0n) is 12.3. The number of halogens is 1. The number of rotatable bonds is 5. The molecule has 7 heteroatoms. The predicted molar refractivity (Wildman–Crippen MR) is 81.1 cm³/mol. The van der Waals surface area contributed by atoms with Crippen molar-refractivity contribution in [3.05, 3.63) is 42.6 Å². The summed E-state index contributed by atoms with van der Waals surface area (Å²) in [6.45, 7) is 4.50. The standard InChI is InChI=1S/C15H20FN5O/c16-13-2-3-15(17-10-13)20-8-6-19(7-9-20)11-14(22)12-21-5-1-4-18-21/h1-5,10,14,22H,6-9,11-12H2. The molecule has 1 fully saturated rings. The summed E-state index contributed by atoms with van der Waals surface area (Å²) in [4.78, 5) is 8.47. The summed E-state index contributed by atoms with van der Waals surface area (Å²) >= 11 is 0. The Hall–Kier alpha value is -1.99. The molecule has 118 valence electrons. The van der Waals surface area contributed by atoms with E-state index >= 15 is 0 Å². The molecule has 2 aromatic rings. The molecule has 0 amide bonds. The van der Waals surface area contributed by atoms with Crippen molar-refractivity contribution in [1.82, 2.24) is 19.7 Å². The van der Waals surface area contributed by atoms with E-state index in [-0.39, 0.29) is 5.82 Å². The number of aliphatic hydroxyl groups is 1. The van der Waals surface area contributed by atoms with Crippen molar-refractivity contribution in [2.24, 2.45) is 0 Å². The molecule has 22 heavy (non-hydrogen) atoms. The van der Waals surface area contributed by atoms with Gasteiger partial charge in [0.05, 0.1) is 18.8 Å². The molecule has 1 aliphatic heterocycles. The molecular formula is C15H20FN5O. The van der Waals surface area contributed by atoms with Crippen LogP contribution in [0.1, 0.15) is 0 Å². The van der Waals surface area contributed by atoms with Crippen LogP contribution in [0, 0.1) is 5.82 Å². The number of hydrogen-bond acceptors (Lipinski definition) is 5. The van der Waals surface area contributed by atoms with Gasteiger partial charge in [0.15, 0.2) is 0 Å². The van der Waals surface area contributed by atoms with Crippen molar-refractivity contribution in [3.8, 4) is 0 Å². The molecule has 0 saturated carbocycles. The van der Waals surface area contributed by atoms with Crippen LogP contribution in [0.15, 0.2) is 36.8 Å². The molecule has 0 aliphatic carbocycles. The number of aliphatic hydroxyl groups excluding tert-OH is 1. The van der Waals surface area contributed by atoms with Crippen molar-refractivity contribution in [3.63, 3.8) is 0 Å². The van der Waals surface area contributed by atoms with Gasteiger partial charge in [0.25, 0.3) is 0 Å². The first-order valence-corrected chi connectivity index (χ1v) is 7.45. The average Bonchev–Trinajstić information content (AvgIpc) is 3.02. The second kappa shape index (κ2) is 6.85. The van der Waals surface area contributed by atoms with Crippen LogP contribution < -0.4 is 4.90 Å². The lowest BCUT2D eigenvalue weighted by Crippen LogP contribution is -2.49. The van der Waals surface area contributed by atoms with Gasteiger partial charge in [-0.15, -0.1) is 0 Å². The summed E-state index contributed by atoms with van der Waals surface area (Å²) in [5, 5.41) is 14.2. The first kappa shape index (κ1) is 14.9. The molecule has 0 spiro atoms. The Kier molecular flexibility index (Phi) is 4.65. The van der Waals surface area contributed by atoms with Crippen molar-refractivity contribution in [1.29, 1.82) is 0 Å². The molecule has 0 radical (unpaired) electrons. The molecule has 6 nitrogen and oxygen atoms in total. The van der Waals surface area contributed by atoms with Crippen molar-refractivity contribution >= 4 is 5.82 Å². The summed E-state index contributed by atoms with van der Waals surface area (Å²) in [5.74, 6) is 0.488. The highest BCUT2D eigenvalue weighted by Crippen LogP contribution is 2.13. The minimum Gasteiger partial charge on any atom is -0.390 e. The highest BCUT2D eigenvalue weighted by molar-refractivity contribution is 5.38. The van der Waals surface area contributed by atoms with Gasteiger partial charge in [-0.2, -0.15) is 5.10 Å². The Bertz CT molecular complexity index is 566. The van der Waals surface area contributed by atoms with Gasteiger partial charge in [0.2, 0.25) is 0 Å². The van der Waals surface area contributed by atoms with Gasteiger partial charge in [0.1, 0.15) is 11.6 Å². The maximum atomic E-state index is 12.9. The number of hydrogen-bond donors (Lipinski definition) is 1. The molecule has 2 aromatic heterocycles. The monoisotopic (exact) mass is 305 g/mol. The minimum atomic E-state index is -0.435. The van der Waals surface area contributed by atoms with Gasteiger partial charge in [-0.3, -0.25) is 9.58 Å². The van der Waals surface area contributed by atoms with Crippen LogP contribution in [0.4, 0.5) is 10.2 Å². The lowest BCUT2D eigenvalue weighted by atomic mass is 10.2. The van der Waals surface area contributed by atoms with E-state index in [0.29, 0.717) is 13.1 Å². The molecular weight excluding hydrogens is 285 g/mol. The number of pyridine rings is 1. The van der Waals surface area contributed by atoms with Gasteiger partial charge < -0.3 is 10.0 Å². The van der Waals surface area contributed by atoms with Crippen molar-refractivity contribution < 1.29 is 9.50 Å². The second-order valence-corrected chi connectivity index (χ2v) is 5.50. The highest BCUT2D eigenvalue weighted by Gasteiger charge is 2.20. The van der Waals surface area contributed by atoms with Crippen LogP contribution in [0.2, 0.25) is 0 Å². The summed E-state index contributed by atoms with van der Waals surface area (Å²) in [6.07, 6.45) is 4.37. The molecule has 1 N–H and O–H groups in total. The lowest BCUT2D eigenvalue weighted by molar-refractivity contribution is 0.0920. The van der Waals surface area contributed by atoms with Crippen molar-refractivity contribution in [2.75, 3.05) is 37.6 Å². The Morgan fingerprint density at radius 1 is 1.18 bits per heavy atom. The fourth-order valence-electron chi connectivity index (χ4n) is 2.69. The molecule has 0 aromatic carbocycles. The van der Waals surface area contributed by atoms with Gasteiger partial charge >= 0.3 is 0 Å². The third kappa shape index (κ3) is 3.80. The highest BCUT2D eigenvalue weighted by atomic mass is 19.1. The maximum absolute atomic E-state index is 12.9. The zero-order chi connectivity index (χ0) is 15.4. The Morgan fingerprint density at radius 3 is 2.64 bits per heavy atom. The van der Waals surface area contributed by atoms with E-state index in [1.165, 1.54) is 12.3 Å². The van der Waals surface area contributed by atoms with Crippen LogP contribution >= 0.6 is 0 Å². The summed E-state index contributed by atoms with van der Waals surface area (Å²) in [5.41, 5.74) is 0. The molecule has 3 heterocycles. The van der Waals surface area contributed by atoms with Gasteiger partial charge in [-0.25, -0.2) is 9.37 Å². The molecule has 3 rings (SSSR count). The summed E-state index contributed by atoms with van der Waals surface area (Å²) in [7, 11) is 0. The molecule has 1 unspecified atom stereocenters. The largest absolute Gasteiger partial charge is 0.390 e. The third-order valence-corrected chi connectivity index (χ3v) is 3.83. The van der Waals surface area contributed by atoms with Gasteiger partial charge in [0, 0.05) is 45.1 Å². The number of aromatic nitrogens is 3. The van der Waals surface area contributed by atoms with Crippen LogP contribution in [0.25, 0.3) is 0 Å². The van der Waals surface area contributed by atoms with Crippen LogP contribution in [-0.2, 0) is 6.54 Å². The quantitative estimate of drug-likeness (QED) is 0.877. The third-order valence-electron chi connectivity index (χ3n) is 3.83. The first-order valence-electron chi connectivity index (χ1n) is 7.45. The SMILES string of the molecule is OC(CN1CCN(c2ccc(F)cn2)CC1)Cn1cccn1. The average molecular weight is 305 g/mol. The Balaban J connectivity index is 1.46. The molecule has 0 bridgehead atoms. The molecule has 1 atom stereocenters. The van der Waals surface area contributed by atoms with E-state index in [4.69, 9.17) is 0 Å². The summed E-state index contributed by atoms with van der Waals surface area (Å²) < 4.78 is 14.6. The summed E-state index contributed by atoms with van der Waals surface area (Å²) in [6, 6.07) is 4.99. The number of β-amino-alcohol motifs (C(OH)–C–C–N with tert-alkyl or cyclic N) is 1. The lowest BCUT2D eigenvalue weighted by Gasteiger charge is -2.36. The van der Waals surface area contributed by atoms with E-state index in [1.807, 2.05) is 12.3 Å². The van der Waals surface area contributed by atoms with E-state index in [2.05, 4.69) is 19.9 Å². The Labute approximate surface area is 128 Å². The van der Waals surface area contributed by atoms with E-state index in [1.54, 1.807) is 16.9 Å². The molecule has 1 saturated heterocycles. The maximum Gasteiger partial charge on any atom is 0.141 e. The van der Waals surface area contributed by atoms with E-state index in [9.17, 15) is 9.50 Å².